The first-order valence-electron chi connectivity index (χ1n) is 10.6. The fourth-order valence-electron chi connectivity index (χ4n) is 4.14. The molecule has 0 saturated carbocycles. The molecule has 2 heterocycles. The molecule has 1 atom stereocenters. The fourth-order valence-corrected chi connectivity index (χ4v) is 5.36. The van der Waals surface area contributed by atoms with Gasteiger partial charge in [0.05, 0.1) is 6.04 Å². The van der Waals surface area contributed by atoms with E-state index in [-0.39, 0.29) is 11.9 Å². The first kappa shape index (κ1) is 21.1. The van der Waals surface area contributed by atoms with Crippen LogP contribution in [-0.4, -0.2) is 23.9 Å². The third-order valence-corrected chi connectivity index (χ3v) is 7.08. The van der Waals surface area contributed by atoms with Crippen LogP contribution in [-0.2, 0) is 6.42 Å². The van der Waals surface area contributed by atoms with E-state index in [0.29, 0.717) is 5.56 Å². The second-order valence-corrected chi connectivity index (χ2v) is 9.30. The van der Waals surface area contributed by atoms with Gasteiger partial charge in [0.1, 0.15) is 5.00 Å². The van der Waals surface area contributed by atoms with E-state index in [1.807, 2.05) is 42.5 Å². The molecule has 0 bridgehead atoms. The highest BCUT2D eigenvalue weighted by Crippen LogP contribution is 2.41. The molecule has 0 aliphatic carbocycles. The highest BCUT2D eigenvalue weighted by atomic mass is 35.5. The Bertz CT molecular complexity index is 995. The summed E-state index contributed by atoms with van der Waals surface area (Å²) in [6, 6.07) is 19.9. The molecule has 3 aromatic rings. The Morgan fingerprint density at radius 1 is 1.07 bits per heavy atom. The smallest absolute Gasteiger partial charge is 0.256 e. The van der Waals surface area contributed by atoms with E-state index in [1.54, 1.807) is 11.3 Å². The van der Waals surface area contributed by atoms with Crippen molar-refractivity contribution in [1.29, 1.82) is 0 Å². The van der Waals surface area contributed by atoms with Crippen molar-refractivity contribution in [3.63, 3.8) is 0 Å². The number of piperidine rings is 1. The zero-order chi connectivity index (χ0) is 20.9. The lowest BCUT2D eigenvalue weighted by molar-refractivity contribution is 0.102. The number of thiophene rings is 1. The SMILES string of the molecule is CCc1cc(C(c2cccc(Cl)c2)N2CCCCC2)c(NC(=O)c2ccccc2)s1. The predicted octanol–water partition coefficient (Wildman–Crippen LogP) is 6.79. The van der Waals surface area contributed by atoms with Crippen molar-refractivity contribution in [1.82, 2.24) is 4.90 Å². The normalized spacial score (nSPS) is 15.7. The second kappa shape index (κ2) is 9.78. The van der Waals surface area contributed by atoms with Crippen molar-refractivity contribution in [2.45, 2.75) is 38.6 Å². The molecule has 1 amide bonds. The molecular formula is C25H27ClN2OS. The summed E-state index contributed by atoms with van der Waals surface area (Å²) in [5.74, 6) is -0.0650. The molecule has 1 aliphatic rings. The van der Waals surface area contributed by atoms with Gasteiger partial charge in [-0.2, -0.15) is 0 Å². The third-order valence-electron chi connectivity index (χ3n) is 5.64. The minimum absolute atomic E-state index is 0.0650. The van der Waals surface area contributed by atoms with Crippen LogP contribution >= 0.6 is 22.9 Å². The maximum Gasteiger partial charge on any atom is 0.256 e. The molecule has 0 radical (unpaired) electrons. The number of hydrogen-bond donors (Lipinski definition) is 1. The predicted molar refractivity (Wildman–Crippen MR) is 127 cm³/mol. The van der Waals surface area contributed by atoms with Gasteiger partial charge in [-0.25, -0.2) is 0 Å². The minimum Gasteiger partial charge on any atom is -0.313 e. The van der Waals surface area contributed by atoms with Gasteiger partial charge in [0.25, 0.3) is 5.91 Å². The van der Waals surface area contributed by atoms with Gasteiger partial charge < -0.3 is 5.32 Å². The summed E-state index contributed by atoms with van der Waals surface area (Å²) in [7, 11) is 0. The Hall–Kier alpha value is -2.14. The minimum atomic E-state index is -0.0650. The number of likely N-dealkylation sites (tertiary alicyclic amines) is 1. The summed E-state index contributed by atoms with van der Waals surface area (Å²) in [6.07, 6.45) is 4.63. The Morgan fingerprint density at radius 3 is 2.53 bits per heavy atom. The van der Waals surface area contributed by atoms with Gasteiger partial charge in [-0.15, -0.1) is 11.3 Å². The summed E-state index contributed by atoms with van der Waals surface area (Å²) in [6.45, 7) is 4.27. The lowest BCUT2D eigenvalue weighted by atomic mass is 9.95. The zero-order valence-electron chi connectivity index (χ0n) is 17.2. The van der Waals surface area contributed by atoms with Crippen LogP contribution in [0, 0.1) is 0 Å². The Kier molecular flexibility index (Phi) is 6.88. The molecule has 30 heavy (non-hydrogen) atoms. The number of nitrogens with zero attached hydrogens (tertiary/aromatic N) is 1. The van der Waals surface area contributed by atoms with Crippen molar-refractivity contribution in [2.24, 2.45) is 0 Å². The van der Waals surface area contributed by atoms with Gasteiger partial charge in [-0.3, -0.25) is 9.69 Å². The van der Waals surface area contributed by atoms with E-state index in [0.717, 1.165) is 29.5 Å². The number of halogens is 1. The average Bonchev–Trinajstić information content (AvgIpc) is 3.18. The summed E-state index contributed by atoms with van der Waals surface area (Å²) < 4.78 is 0. The number of carbonyl (C=O) groups excluding carboxylic acids is 1. The van der Waals surface area contributed by atoms with Crippen LogP contribution < -0.4 is 5.32 Å². The molecule has 1 saturated heterocycles. The lowest BCUT2D eigenvalue weighted by Gasteiger charge is -2.35. The number of nitrogens with one attached hydrogen (secondary N) is 1. The Morgan fingerprint density at radius 2 is 1.83 bits per heavy atom. The van der Waals surface area contributed by atoms with Gasteiger partial charge >= 0.3 is 0 Å². The molecule has 3 nitrogen and oxygen atoms in total. The van der Waals surface area contributed by atoms with Crippen LogP contribution in [0.3, 0.4) is 0 Å². The number of anilines is 1. The Labute approximate surface area is 187 Å². The van der Waals surface area contributed by atoms with Crippen LogP contribution in [0.15, 0.2) is 60.7 Å². The largest absolute Gasteiger partial charge is 0.313 e. The van der Waals surface area contributed by atoms with Crippen molar-refractivity contribution in [3.05, 3.63) is 87.3 Å². The fraction of sp³-hybridized carbons (Fsp3) is 0.320. The van der Waals surface area contributed by atoms with E-state index in [2.05, 4.69) is 35.3 Å². The summed E-state index contributed by atoms with van der Waals surface area (Å²) in [5.41, 5.74) is 3.03. The molecular weight excluding hydrogens is 412 g/mol. The van der Waals surface area contributed by atoms with E-state index < -0.39 is 0 Å². The van der Waals surface area contributed by atoms with Crippen molar-refractivity contribution in [3.8, 4) is 0 Å². The molecule has 2 aromatic carbocycles. The summed E-state index contributed by atoms with van der Waals surface area (Å²) in [5, 5.41) is 4.89. The molecule has 1 unspecified atom stereocenters. The van der Waals surface area contributed by atoms with Crippen LogP contribution in [0.4, 0.5) is 5.00 Å². The van der Waals surface area contributed by atoms with Gasteiger partial charge in [-0.1, -0.05) is 55.3 Å². The molecule has 1 aliphatic heterocycles. The first-order valence-corrected chi connectivity index (χ1v) is 11.8. The van der Waals surface area contributed by atoms with E-state index in [9.17, 15) is 4.79 Å². The maximum absolute atomic E-state index is 12.9. The quantitative estimate of drug-likeness (QED) is 0.459. The number of benzene rings is 2. The maximum atomic E-state index is 12.9. The molecule has 0 spiro atoms. The standard InChI is InChI=1S/C25H27ClN2OS/c1-2-21-17-22(25(30-21)27-24(29)18-10-5-3-6-11-18)23(28-14-7-4-8-15-28)19-12-9-13-20(26)16-19/h3,5-6,9-13,16-17,23H,2,4,7-8,14-15H2,1H3,(H,27,29). The van der Waals surface area contributed by atoms with Crippen molar-refractivity contribution >= 4 is 33.8 Å². The van der Waals surface area contributed by atoms with E-state index in [4.69, 9.17) is 11.6 Å². The number of aryl methyl sites for hydroxylation is 1. The van der Waals surface area contributed by atoms with Crippen LogP contribution in [0.1, 0.15) is 58.6 Å². The van der Waals surface area contributed by atoms with Gasteiger partial charge in [0.15, 0.2) is 0 Å². The highest BCUT2D eigenvalue weighted by molar-refractivity contribution is 7.16. The second-order valence-electron chi connectivity index (χ2n) is 7.73. The Balaban J connectivity index is 1.74. The zero-order valence-corrected chi connectivity index (χ0v) is 18.8. The van der Waals surface area contributed by atoms with Gasteiger partial charge in [0, 0.05) is 21.0 Å². The number of rotatable bonds is 6. The first-order chi connectivity index (χ1) is 14.7. The summed E-state index contributed by atoms with van der Waals surface area (Å²) in [4.78, 5) is 16.7. The molecule has 1 fully saturated rings. The molecule has 156 valence electrons. The molecule has 4 rings (SSSR count). The third kappa shape index (κ3) is 4.77. The lowest BCUT2D eigenvalue weighted by Crippen LogP contribution is -2.34. The molecule has 1 N–H and O–H groups in total. The molecule has 5 heteroatoms. The van der Waals surface area contributed by atoms with Gasteiger partial charge in [0.2, 0.25) is 0 Å². The number of amides is 1. The molecule has 1 aromatic heterocycles. The average molecular weight is 439 g/mol. The number of hydrogen-bond acceptors (Lipinski definition) is 3. The number of carbonyl (C=O) groups is 1. The topological polar surface area (TPSA) is 32.3 Å². The van der Waals surface area contributed by atoms with Crippen molar-refractivity contribution < 1.29 is 4.79 Å². The van der Waals surface area contributed by atoms with Crippen LogP contribution in [0.2, 0.25) is 5.02 Å². The highest BCUT2D eigenvalue weighted by Gasteiger charge is 2.28. The van der Waals surface area contributed by atoms with E-state index in [1.165, 1.54) is 35.3 Å². The van der Waals surface area contributed by atoms with Crippen LogP contribution in [0.25, 0.3) is 0 Å². The van der Waals surface area contributed by atoms with E-state index >= 15 is 0 Å². The van der Waals surface area contributed by atoms with Crippen molar-refractivity contribution in [2.75, 3.05) is 18.4 Å². The monoisotopic (exact) mass is 438 g/mol. The van der Waals surface area contributed by atoms with Crippen LogP contribution in [0.5, 0.6) is 0 Å². The van der Waals surface area contributed by atoms with Gasteiger partial charge in [-0.05, 0) is 68.2 Å². The summed E-state index contributed by atoms with van der Waals surface area (Å²) >= 11 is 8.05.